The quantitative estimate of drug-likeness (QED) is 0.251. The minimum Gasteiger partial charge on any atom is -0.492 e. The Bertz CT molecular complexity index is 1020. The minimum absolute atomic E-state index is 0.166. The lowest BCUT2D eigenvalue weighted by atomic mass is 10.0. The predicted octanol–water partition coefficient (Wildman–Crippen LogP) is 6.36. The van der Waals surface area contributed by atoms with Crippen molar-refractivity contribution in [3.8, 4) is 16.9 Å². The summed E-state index contributed by atoms with van der Waals surface area (Å²) in [7, 11) is 0. The first-order valence-corrected chi connectivity index (χ1v) is 10.4. The van der Waals surface area contributed by atoms with Crippen LogP contribution in [0.5, 0.6) is 5.75 Å². The van der Waals surface area contributed by atoms with Crippen LogP contribution in [0.25, 0.3) is 11.1 Å². The molecule has 0 atom stereocenters. The second-order valence-electron chi connectivity index (χ2n) is 6.70. The molecule has 30 heavy (non-hydrogen) atoms. The molecular formula is C24H22Cl2N2O2. The van der Waals surface area contributed by atoms with Crippen molar-refractivity contribution in [3.63, 3.8) is 0 Å². The Morgan fingerprint density at radius 3 is 2.37 bits per heavy atom. The van der Waals surface area contributed by atoms with Gasteiger partial charge in [-0.1, -0.05) is 77.8 Å². The molecule has 1 amide bonds. The number of halogens is 2. The van der Waals surface area contributed by atoms with E-state index in [1.807, 2.05) is 49.4 Å². The highest BCUT2D eigenvalue weighted by Crippen LogP contribution is 2.27. The van der Waals surface area contributed by atoms with E-state index in [4.69, 9.17) is 27.9 Å². The molecule has 3 rings (SSSR count). The van der Waals surface area contributed by atoms with Gasteiger partial charge in [-0.05, 0) is 48.2 Å². The first-order chi connectivity index (χ1) is 14.5. The molecule has 0 saturated carbocycles. The summed E-state index contributed by atoms with van der Waals surface area (Å²) in [5.41, 5.74) is 6.59. The number of amides is 1. The fourth-order valence-electron chi connectivity index (χ4n) is 2.81. The van der Waals surface area contributed by atoms with Crippen LogP contribution in [-0.2, 0) is 4.79 Å². The van der Waals surface area contributed by atoms with E-state index >= 15 is 0 Å². The lowest BCUT2D eigenvalue weighted by Crippen LogP contribution is -2.19. The van der Waals surface area contributed by atoms with Gasteiger partial charge in [0.15, 0.2) is 0 Å². The van der Waals surface area contributed by atoms with Crippen LogP contribution < -0.4 is 10.2 Å². The van der Waals surface area contributed by atoms with Gasteiger partial charge in [0.05, 0.1) is 17.3 Å². The number of hydrogen-bond acceptors (Lipinski definition) is 3. The minimum atomic E-state index is -0.166. The van der Waals surface area contributed by atoms with E-state index in [0.29, 0.717) is 35.2 Å². The van der Waals surface area contributed by atoms with Crippen molar-refractivity contribution in [1.82, 2.24) is 5.43 Å². The second-order valence-corrected chi connectivity index (χ2v) is 7.55. The smallest absolute Gasteiger partial charge is 0.240 e. The van der Waals surface area contributed by atoms with Crippen molar-refractivity contribution in [3.05, 3.63) is 88.4 Å². The summed E-state index contributed by atoms with van der Waals surface area (Å²) in [5, 5.41) is 5.20. The van der Waals surface area contributed by atoms with Crippen LogP contribution in [0.3, 0.4) is 0 Å². The van der Waals surface area contributed by atoms with Gasteiger partial charge in [-0.25, -0.2) is 5.43 Å². The summed E-state index contributed by atoms with van der Waals surface area (Å²) in [6.45, 7) is 2.24. The first-order valence-electron chi connectivity index (χ1n) is 9.60. The molecule has 3 aromatic rings. The average Bonchev–Trinajstić information content (AvgIpc) is 2.77. The van der Waals surface area contributed by atoms with Crippen LogP contribution >= 0.6 is 23.2 Å². The van der Waals surface area contributed by atoms with Gasteiger partial charge >= 0.3 is 0 Å². The van der Waals surface area contributed by atoms with Crippen molar-refractivity contribution in [2.75, 3.05) is 6.61 Å². The molecule has 0 aromatic heterocycles. The maximum Gasteiger partial charge on any atom is 0.240 e. The number of hydrogen-bond donors (Lipinski definition) is 1. The number of carbonyl (C=O) groups excluding carboxylic acids is 1. The topological polar surface area (TPSA) is 50.7 Å². The fourth-order valence-corrected chi connectivity index (χ4v) is 3.27. The molecule has 0 aliphatic rings. The van der Waals surface area contributed by atoms with Gasteiger partial charge < -0.3 is 4.74 Å². The maximum atomic E-state index is 12.0. The van der Waals surface area contributed by atoms with Gasteiger partial charge in [0, 0.05) is 11.4 Å². The molecule has 0 aliphatic heterocycles. The number of carbonyl (C=O) groups is 1. The third kappa shape index (κ3) is 6.34. The maximum absolute atomic E-state index is 12.0. The number of hydrazone groups is 1. The summed E-state index contributed by atoms with van der Waals surface area (Å²) < 4.78 is 5.58. The second kappa shape index (κ2) is 10.8. The van der Waals surface area contributed by atoms with E-state index < -0.39 is 0 Å². The van der Waals surface area contributed by atoms with Crippen molar-refractivity contribution in [1.29, 1.82) is 0 Å². The summed E-state index contributed by atoms with van der Waals surface area (Å²) in [6.07, 6.45) is 0.847. The number of benzene rings is 3. The van der Waals surface area contributed by atoms with Gasteiger partial charge in [-0.2, -0.15) is 5.10 Å². The van der Waals surface area contributed by atoms with E-state index in [1.54, 1.807) is 18.2 Å². The molecule has 1 N–H and O–H groups in total. The number of nitrogens with zero attached hydrogens (tertiary/aromatic N) is 1. The lowest BCUT2D eigenvalue weighted by Gasteiger charge is -2.08. The number of rotatable bonds is 8. The SMILES string of the molecule is CC(=NNC(=O)CCCOc1ccc(Cl)cc1Cl)c1ccc(-c2ccccc2)cc1. The fraction of sp³-hybridized carbons (Fsp3) is 0.167. The van der Waals surface area contributed by atoms with Crippen molar-refractivity contribution < 1.29 is 9.53 Å². The molecule has 0 spiro atoms. The van der Waals surface area contributed by atoms with E-state index in [2.05, 4.69) is 22.7 Å². The molecule has 0 radical (unpaired) electrons. The third-order valence-electron chi connectivity index (χ3n) is 4.46. The zero-order valence-corrected chi connectivity index (χ0v) is 18.1. The van der Waals surface area contributed by atoms with E-state index in [-0.39, 0.29) is 5.91 Å². The van der Waals surface area contributed by atoms with Gasteiger partial charge in [0.25, 0.3) is 0 Å². The molecule has 3 aromatic carbocycles. The highest BCUT2D eigenvalue weighted by molar-refractivity contribution is 6.35. The zero-order chi connectivity index (χ0) is 21.3. The Labute approximate surface area is 186 Å². The van der Waals surface area contributed by atoms with Crippen molar-refractivity contribution >= 4 is 34.8 Å². The highest BCUT2D eigenvalue weighted by atomic mass is 35.5. The molecule has 0 bridgehead atoms. The average molecular weight is 441 g/mol. The number of nitrogens with one attached hydrogen (secondary N) is 1. The summed E-state index contributed by atoms with van der Waals surface area (Å²) in [6, 6.07) is 23.3. The van der Waals surface area contributed by atoms with Gasteiger partial charge in [-0.3, -0.25) is 4.79 Å². The standard InChI is InChI=1S/C24H22Cl2N2O2/c1-17(18-9-11-20(12-10-18)19-6-3-2-4-7-19)27-28-24(29)8-5-15-30-23-14-13-21(25)16-22(23)26/h2-4,6-7,9-14,16H,5,8,15H2,1H3,(H,28,29). The van der Waals surface area contributed by atoms with Crippen LogP contribution in [0.2, 0.25) is 10.0 Å². The molecule has 0 fully saturated rings. The summed E-state index contributed by atoms with van der Waals surface area (Å²) in [5.74, 6) is 0.385. The molecule has 0 unspecified atom stereocenters. The highest BCUT2D eigenvalue weighted by Gasteiger charge is 2.05. The molecule has 0 saturated heterocycles. The third-order valence-corrected chi connectivity index (χ3v) is 4.99. The number of ether oxygens (including phenoxy) is 1. The molecular weight excluding hydrogens is 419 g/mol. The van der Waals surface area contributed by atoms with Crippen molar-refractivity contribution in [2.45, 2.75) is 19.8 Å². The molecule has 154 valence electrons. The zero-order valence-electron chi connectivity index (χ0n) is 16.6. The molecule has 4 nitrogen and oxygen atoms in total. The van der Waals surface area contributed by atoms with Crippen LogP contribution in [0.4, 0.5) is 0 Å². The van der Waals surface area contributed by atoms with Crippen LogP contribution in [0.1, 0.15) is 25.3 Å². The monoisotopic (exact) mass is 440 g/mol. The Morgan fingerprint density at radius 2 is 1.67 bits per heavy atom. The normalized spacial score (nSPS) is 11.2. The Hall–Kier alpha value is -2.82. The van der Waals surface area contributed by atoms with E-state index in [0.717, 1.165) is 22.4 Å². The van der Waals surface area contributed by atoms with Gasteiger partial charge in [0.1, 0.15) is 5.75 Å². The summed E-state index contributed by atoms with van der Waals surface area (Å²) in [4.78, 5) is 12.0. The Morgan fingerprint density at radius 1 is 0.967 bits per heavy atom. The summed E-state index contributed by atoms with van der Waals surface area (Å²) >= 11 is 11.9. The van der Waals surface area contributed by atoms with Gasteiger partial charge in [0.2, 0.25) is 5.91 Å². The van der Waals surface area contributed by atoms with E-state index in [9.17, 15) is 4.79 Å². The van der Waals surface area contributed by atoms with E-state index in [1.165, 1.54) is 0 Å². The lowest BCUT2D eigenvalue weighted by molar-refractivity contribution is -0.121. The molecule has 6 heteroatoms. The first kappa shape index (κ1) is 21.9. The van der Waals surface area contributed by atoms with Crippen LogP contribution in [0, 0.1) is 0 Å². The molecule has 0 aliphatic carbocycles. The Balaban J connectivity index is 1.45. The Kier molecular flexibility index (Phi) is 7.89. The van der Waals surface area contributed by atoms with Crippen LogP contribution in [-0.4, -0.2) is 18.2 Å². The molecule has 0 heterocycles. The predicted molar refractivity (Wildman–Crippen MR) is 123 cm³/mol. The van der Waals surface area contributed by atoms with Crippen LogP contribution in [0.15, 0.2) is 77.9 Å². The van der Waals surface area contributed by atoms with Gasteiger partial charge in [-0.15, -0.1) is 0 Å². The largest absolute Gasteiger partial charge is 0.492 e. The van der Waals surface area contributed by atoms with Crippen molar-refractivity contribution in [2.24, 2.45) is 5.10 Å².